The Morgan fingerprint density at radius 1 is 1.33 bits per heavy atom. The molecule has 18 heavy (non-hydrogen) atoms. The number of hydrogen-bond donors (Lipinski definition) is 2. The molecule has 0 spiro atoms. The first-order valence-electron chi connectivity index (χ1n) is 5.58. The summed E-state index contributed by atoms with van der Waals surface area (Å²) in [6.45, 7) is 2.31. The predicted octanol–water partition coefficient (Wildman–Crippen LogP) is 2.58. The summed E-state index contributed by atoms with van der Waals surface area (Å²) >= 11 is 0. The molecule has 0 bridgehead atoms. The molecule has 0 saturated heterocycles. The van der Waals surface area contributed by atoms with Gasteiger partial charge in [-0.15, -0.1) is 0 Å². The Hall–Kier alpha value is -2.54. The Labute approximate surface area is 106 Å². The summed E-state index contributed by atoms with van der Waals surface area (Å²) in [5.41, 5.74) is 2.15. The Balaban J connectivity index is 2.14. The van der Waals surface area contributed by atoms with Gasteiger partial charge < -0.3 is 10.4 Å². The molecule has 0 unspecified atom stereocenters. The third-order valence-corrected chi connectivity index (χ3v) is 2.53. The Kier molecular flexibility index (Phi) is 3.44. The molecule has 0 radical (unpaired) electrons. The van der Waals surface area contributed by atoms with Gasteiger partial charge in [0, 0.05) is 17.8 Å². The third-order valence-electron chi connectivity index (χ3n) is 2.53. The van der Waals surface area contributed by atoms with E-state index in [-0.39, 0.29) is 5.75 Å². The molecule has 2 rings (SSSR count). The molecule has 2 N–H and O–H groups in total. The number of aromatic nitrogens is 1. The van der Waals surface area contributed by atoms with Gasteiger partial charge in [-0.2, -0.15) is 5.26 Å². The summed E-state index contributed by atoms with van der Waals surface area (Å²) in [5, 5.41) is 21.6. The van der Waals surface area contributed by atoms with Crippen LogP contribution in [0.2, 0.25) is 0 Å². The number of phenolic OH excluding ortho intramolecular Hbond substituents is 1. The van der Waals surface area contributed by atoms with E-state index in [0.29, 0.717) is 17.9 Å². The van der Waals surface area contributed by atoms with Crippen LogP contribution in [0.1, 0.15) is 16.8 Å². The zero-order chi connectivity index (χ0) is 13.0. The molecule has 0 amide bonds. The summed E-state index contributed by atoms with van der Waals surface area (Å²) in [7, 11) is 0. The normalized spacial score (nSPS) is 9.78. The maximum atomic E-state index is 9.63. The second-order valence-corrected chi connectivity index (χ2v) is 3.98. The SMILES string of the molecule is Cc1cc(C#N)cc(NCc2ccccc2O)n1. The lowest BCUT2D eigenvalue weighted by molar-refractivity contribution is 0.469. The van der Waals surface area contributed by atoms with Crippen LogP contribution in [-0.4, -0.2) is 10.1 Å². The zero-order valence-electron chi connectivity index (χ0n) is 10.0. The van der Waals surface area contributed by atoms with Gasteiger partial charge in [0.05, 0.1) is 11.6 Å². The van der Waals surface area contributed by atoms with E-state index in [9.17, 15) is 5.11 Å². The van der Waals surface area contributed by atoms with Crippen LogP contribution < -0.4 is 5.32 Å². The molecule has 1 heterocycles. The molecule has 2 aromatic rings. The molecule has 1 aromatic heterocycles. The van der Waals surface area contributed by atoms with Crippen molar-refractivity contribution >= 4 is 5.82 Å². The number of pyridine rings is 1. The van der Waals surface area contributed by atoms with Crippen molar-refractivity contribution in [3.05, 3.63) is 53.2 Å². The highest BCUT2D eigenvalue weighted by atomic mass is 16.3. The maximum absolute atomic E-state index is 9.63. The van der Waals surface area contributed by atoms with Crippen LogP contribution in [0.3, 0.4) is 0 Å². The van der Waals surface area contributed by atoms with Gasteiger partial charge in [0.25, 0.3) is 0 Å². The van der Waals surface area contributed by atoms with Gasteiger partial charge in [-0.1, -0.05) is 18.2 Å². The van der Waals surface area contributed by atoms with Crippen molar-refractivity contribution in [2.75, 3.05) is 5.32 Å². The van der Waals surface area contributed by atoms with Crippen LogP contribution in [0.25, 0.3) is 0 Å². The number of benzene rings is 1. The minimum absolute atomic E-state index is 0.248. The fraction of sp³-hybridized carbons (Fsp3) is 0.143. The smallest absolute Gasteiger partial charge is 0.127 e. The quantitative estimate of drug-likeness (QED) is 0.863. The number of para-hydroxylation sites is 1. The number of aromatic hydroxyl groups is 1. The third kappa shape index (κ3) is 2.77. The number of nitriles is 1. The van der Waals surface area contributed by atoms with Crippen LogP contribution in [-0.2, 0) is 6.54 Å². The number of nitrogens with one attached hydrogen (secondary N) is 1. The van der Waals surface area contributed by atoms with Crippen molar-refractivity contribution in [1.29, 1.82) is 5.26 Å². The van der Waals surface area contributed by atoms with Gasteiger partial charge in [0.2, 0.25) is 0 Å². The lowest BCUT2D eigenvalue weighted by atomic mass is 10.2. The van der Waals surface area contributed by atoms with E-state index in [4.69, 9.17) is 5.26 Å². The number of hydrogen-bond acceptors (Lipinski definition) is 4. The number of aryl methyl sites for hydroxylation is 1. The minimum Gasteiger partial charge on any atom is -0.508 e. The highest BCUT2D eigenvalue weighted by Gasteiger charge is 2.02. The van der Waals surface area contributed by atoms with Gasteiger partial charge >= 0.3 is 0 Å². The molecule has 0 atom stereocenters. The molecule has 0 aliphatic carbocycles. The average molecular weight is 239 g/mol. The van der Waals surface area contributed by atoms with E-state index in [1.54, 1.807) is 24.3 Å². The largest absolute Gasteiger partial charge is 0.508 e. The van der Waals surface area contributed by atoms with Gasteiger partial charge in [-0.05, 0) is 25.1 Å². The molecule has 0 saturated carbocycles. The van der Waals surface area contributed by atoms with Crippen LogP contribution in [0.4, 0.5) is 5.82 Å². The van der Waals surface area contributed by atoms with Crippen molar-refractivity contribution in [3.63, 3.8) is 0 Å². The summed E-state index contributed by atoms with van der Waals surface area (Å²) in [4.78, 5) is 4.28. The van der Waals surface area contributed by atoms with E-state index >= 15 is 0 Å². The number of rotatable bonds is 3. The highest BCUT2D eigenvalue weighted by molar-refractivity contribution is 5.45. The van der Waals surface area contributed by atoms with Crippen LogP contribution in [0.15, 0.2) is 36.4 Å². The molecule has 0 fully saturated rings. The van der Waals surface area contributed by atoms with Gasteiger partial charge in [0.15, 0.2) is 0 Å². The van der Waals surface area contributed by atoms with Crippen LogP contribution >= 0.6 is 0 Å². The minimum atomic E-state index is 0.248. The molecule has 4 nitrogen and oxygen atoms in total. The summed E-state index contributed by atoms with van der Waals surface area (Å²) in [5.74, 6) is 0.882. The first kappa shape index (κ1) is 11.9. The topological polar surface area (TPSA) is 68.9 Å². The summed E-state index contributed by atoms with van der Waals surface area (Å²) in [6, 6.07) is 12.6. The number of nitrogens with zero attached hydrogens (tertiary/aromatic N) is 2. The van der Waals surface area contributed by atoms with Crippen molar-refractivity contribution in [2.45, 2.75) is 13.5 Å². The second-order valence-electron chi connectivity index (χ2n) is 3.98. The molecular weight excluding hydrogens is 226 g/mol. The molecule has 4 heteroatoms. The standard InChI is InChI=1S/C14H13N3O/c1-10-6-11(8-15)7-14(17-10)16-9-12-4-2-3-5-13(12)18/h2-7,18H,9H2,1H3,(H,16,17). The zero-order valence-corrected chi connectivity index (χ0v) is 10.0. The van der Waals surface area contributed by atoms with E-state index in [1.807, 2.05) is 19.1 Å². The van der Waals surface area contributed by atoms with Crippen molar-refractivity contribution < 1.29 is 5.11 Å². The number of phenols is 1. The molecule has 1 aromatic carbocycles. The first-order chi connectivity index (χ1) is 8.69. The van der Waals surface area contributed by atoms with Crippen molar-refractivity contribution in [2.24, 2.45) is 0 Å². The second kappa shape index (κ2) is 5.19. The van der Waals surface area contributed by atoms with Gasteiger partial charge in [0.1, 0.15) is 11.6 Å². The monoisotopic (exact) mass is 239 g/mol. The fourth-order valence-electron chi connectivity index (χ4n) is 1.67. The summed E-state index contributed by atoms with van der Waals surface area (Å²) in [6.07, 6.45) is 0. The maximum Gasteiger partial charge on any atom is 0.127 e. The Morgan fingerprint density at radius 3 is 2.83 bits per heavy atom. The van der Waals surface area contributed by atoms with E-state index in [0.717, 1.165) is 11.3 Å². The molecular formula is C14H13N3O. The number of anilines is 1. The molecule has 0 aliphatic rings. The molecule has 90 valence electrons. The van der Waals surface area contributed by atoms with Crippen LogP contribution in [0, 0.1) is 18.3 Å². The van der Waals surface area contributed by atoms with E-state index in [1.165, 1.54) is 0 Å². The van der Waals surface area contributed by atoms with Crippen molar-refractivity contribution in [1.82, 2.24) is 4.98 Å². The first-order valence-corrected chi connectivity index (χ1v) is 5.58. The van der Waals surface area contributed by atoms with E-state index in [2.05, 4.69) is 16.4 Å². The van der Waals surface area contributed by atoms with Crippen molar-refractivity contribution in [3.8, 4) is 11.8 Å². The van der Waals surface area contributed by atoms with E-state index < -0.39 is 0 Å². The fourth-order valence-corrected chi connectivity index (χ4v) is 1.67. The van der Waals surface area contributed by atoms with Gasteiger partial charge in [-0.25, -0.2) is 4.98 Å². The molecule has 0 aliphatic heterocycles. The average Bonchev–Trinajstić information content (AvgIpc) is 2.37. The summed E-state index contributed by atoms with van der Waals surface area (Å²) < 4.78 is 0. The van der Waals surface area contributed by atoms with Crippen LogP contribution in [0.5, 0.6) is 5.75 Å². The Morgan fingerprint density at radius 2 is 2.11 bits per heavy atom. The Bertz CT molecular complexity index is 602. The highest BCUT2D eigenvalue weighted by Crippen LogP contribution is 2.17. The lowest BCUT2D eigenvalue weighted by Crippen LogP contribution is -2.02. The lowest BCUT2D eigenvalue weighted by Gasteiger charge is -2.08. The predicted molar refractivity (Wildman–Crippen MR) is 69.1 cm³/mol. The van der Waals surface area contributed by atoms with Gasteiger partial charge in [-0.3, -0.25) is 0 Å².